The highest BCUT2D eigenvalue weighted by molar-refractivity contribution is 6.34. The average molecular weight is 606 g/mol. The Morgan fingerprint density at radius 2 is 1.74 bits per heavy atom. The number of carbonyl (C=O) groups is 2. The molecule has 10 nitrogen and oxygen atoms in total. The van der Waals surface area contributed by atoms with Crippen LogP contribution in [0, 0.1) is 5.82 Å². The lowest BCUT2D eigenvalue weighted by Crippen LogP contribution is -2.56. The number of methoxy groups -OCH3 is 1. The number of halogens is 2. The Labute approximate surface area is 254 Å². The molecule has 2 aromatic carbocycles. The quantitative estimate of drug-likeness (QED) is 0.267. The van der Waals surface area contributed by atoms with E-state index in [1.165, 1.54) is 20.1 Å². The molecular weight excluding hydrogens is 573 g/mol. The van der Waals surface area contributed by atoms with E-state index in [1.807, 2.05) is 30.0 Å². The molecule has 1 fully saturated rings. The van der Waals surface area contributed by atoms with Gasteiger partial charge in [-0.3, -0.25) is 19.5 Å². The number of hydrogen-bond acceptors (Lipinski definition) is 9. The van der Waals surface area contributed by atoms with Crippen LogP contribution in [-0.2, 0) is 14.3 Å². The van der Waals surface area contributed by atoms with Crippen LogP contribution in [0.25, 0.3) is 22.0 Å². The zero-order valence-corrected chi connectivity index (χ0v) is 24.9. The van der Waals surface area contributed by atoms with Crippen molar-refractivity contribution in [3.8, 4) is 11.1 Å². The molecule has 0 radical (unpaired) electrons. The van der Waals surface area contributed by atoms with E-state index in [4.69, 9.17) is 16.3 Å². The smallest absolute Gasteiger partial charge is 0.324 e. The fourth-order valence-electron chi connectivity index (χ4n) is 5.22. The van der Waals surface area contributed by atoms with Crippen molar-refractivity contribution in [1.29, 1.82) is 0 Å². The van der Waals surface area contributed by atoms with E-state index in [0.29, 0.717) is 48.4 Å². The van der Waals surface area contributed by atoms with Gasteiger partial charge >= 0.3 is 5.97 Å². The number of ether oxygens (including phenoxy) is 1. The normalized spacial score (nSPS) is 15.1. The summed E-state index contributed by atoms with van der Waals surface area (Å²) < 4.78 is 19.4. The molecule has 12 heteroatoms. The van der Waals surface area contributed by atoms with E-state index < -0.39 is 6.04 Å². The maximum atomic E-state index is 14.4. The summed E-state index contributed by atoms with van der Waals surface area (Å²) in [4.78, 5) is 41.5. The van der Waals surface area contributed by atoms with Gasteiger partial charge in [0.1, 0.15) is 11.9 Å². The van der Waals surface area contributed by atoms with Crippen LogP contribution in [0.5, 0.6) is 0 Å². The highest BCUT2D eigenvalue weighted by Crippen LogP contribution is 2.35. The third-order valence-corrected chi connectivity index (χ3v) is 7.87. The summed E-state index contributed by atoms with van der Waals surface area (Å²) >= 11 is 6.57. The number of esters is 1. The molecule has 1 aliphatic rings. The number of aromatic nitrogens is 3. The number of anilines is 2. The van der Waals surface area contributed by atoms with Gasteiger partial charge in [-0.15, -0.1) is 0 Å². The Hall–Kier alpha value is -4.35. The predicted molar refractivity (Wildman–Crippen MR) is 164 cm³/mol. The molecule has 0 saturated carbocycles. The van der Waals surface area contributed by atoms with Crippen LogP contribution in [0.4, 0.5) is 16.0 Å². The topological polar surface area (TPSA) is 113 Å². The van der Waals surface area contributed by atoms with Crippen molar-refractivity contribution in [3.05, 3.63) is 77.5 Å². The Bertz CT molecular complexity index is 1610. The SMILES string of the molecule is COC(=O)C(CNC(C)=O)N1CCN(c2ncc(-c3ccc4ncc(Cl)c(N[C@H](C)c5ccccc5F)c4c3)cn2)CC1. The number of hydrogen-bond donors (Lipinski definition) is 2. The van der Waals surface area contributed by atoms with Crippen LogP contribution in [-0.4, -0.2) is 77.6 Å². The first-order valence-corrected chi connectivity index (χ1v) is 14.4. The third-order valence-electron chi connectivity index (χ3n) is 7.58. The number of amides is 1. The Balaban J connectivity index is 1.31. The Morgan fingerprint density at radius 3 is 2.42 bits per heavy atom. The summed E-state index contributed by atoms with van der Waals surface area (Å²) in [5, 5.41) is 7.32. The van der Waals surface area contributed by atoms with E-state index in [9.17, 15) is 14.0 Å². The zero-order chi connectivity index (χ0) is 30.5. The van der Waals surface area contributed by atoms with Gasteiger partial charge in [0.25, 0.3) is 0 Å². The second-order valence-electron chi connectivity index (χ2n) is 10.4. The van der Waals surface area contributed by atoms with Gasteiger partial charge in [0.2, 0.25) is 11.9 Å². The van der Waals surface area contributed by atoms with Gasteiger partial charge in [-0.2, -0.15) is 0 Å². The second-order valence-corrected chi connectivity index (χ2v) is 10.8. The maximum Gasteiger partial charge on any atom is 0.324 e. The molecule has 4 aromatic rings. The molecule has 5 rings (SSSR count). The molecule has 3 heterocycles. The predicted octanol–water partition coefficient (Wildman–Crippen LogP) is 4.46. The first-order chi connectivity index (χ1) is 20.7. The molecule has 1 saturated heterocycles. The van der Waals surface area contributed by atoms with Gasteiger partial charge < -0.3 is 20.3 Å². The first-order valence-electron chi connectivity index (χ1n) is 14.0. The van der Waals surface area contributed by atoms with E-state index in [2.05, 4.69) is 30.5 Å². The minimum absolute atomic E-state index is 0.193. The van der Waals surface area contributed by atoms with E-state index in [-0.39, 0.29) is 30.3 Å². The molecule has 0 bridgehead atoms. The minimum Gasteiger partial charge on any atom is -0.468 e. The van der Waals surface area contributed by atoms with E-state index >= 15 is 0 Å². The van der Waals surface area contributed by atoms with Crippen molar-refractivity contribution in [3.63, 3.8) is 0 Å². The van der Waals surface area contributed by atoms with Crippen molar-refractivity contribution < 1.29 is 18.7 Å². The van der Waals surface area contributed by atoms with Crippen LogP contribution >= 0.6 is 11.6 Å². The summed E-state index contributed by atoms with van der Waals surface area (Å²) in [6.07, 6.45) is 5.14. The van der Waals surface area contributed by atoms with Crippen LogP contribution in [0.15, 0.2) is 61.1 Å². The fraction of sp³-hybridized carbons (Fsp3) is 0.323. The summed E-state index contributed by atoms with van der Waals surface area (Å²) in [5.74, 6) is -0.276. The molecular formula is C31H33ClFN7O3. The van der Waals surface area contributed by atoms with Crippen LogP contribution in [0.2, 0.25) is 5.02 Å². The number of rotatable bonds is 9. The maximum absolute atomic E-state index is 14.4. The Kier molecular flexibility index (Phi) is 9.32. The highest BCUT2D eigenvalue weighted by atomic mass is 35.5. The van der Waals surface area contributed by atoms with Gasteiger partial charge in [0.05, 0.1) is 29.4 Å². The molecule has 0 spiro atoms. The number of benzene rings is 2. The van der Waals surface area contributed by atoms with Crippen molar-refractivity contribution in [2.75, 3.05) is 50.1 Å². The van der Waals surface area contributed by atoms with Crippen LogP contribution in [0.3, 0.4) is 0 Å². The number of fused-ring (bicyclic) bond motifs is 1. The van der Waals surface area contributed by atoms with Crippen molar-refractivity contribution in [1.82, 2.24) is 25.2 Å². The van der Waals surface area contributed by atoms with Crippen LogP contribution in [0.1, 0.15) is 25.5 Å². The van der Waals surface area contributed by atoms with Gasteiger partial charge in [-0.05, 0) is 30.7 Å². The molecule has 2 N–H and O–H groups in total. The van der Waals surface area contributed by atoms with Crippen LogP contribution < -0.4 is 15.5 Å². The third kappa shape index (κ3) is 6.84. The van der Waals surface area contributed by atoms with Gasteiger partial charge in [-0.1, -0.05) is 35.9 Å². The lowest BCUT2D eigenvalue weighted by molar-refractivity contribution is -0.147. The number of nitrogens with one attached hydrogen (secondary N) is 2. The van der Waals surface area contributed by atoms with Crippen molar-refractivity contribution >= 4 is 46.0 Å². The highest BCUT2D eigenvalue weighted by Gasteiger charge is 2.30. The average Bonchev–Trinajstić information content (AvgIpc) is 3.02. The summed E-state index contributed by atoms with van der Waals surface area (Å²) in [6, 6.07) is 11.6. The van der Waals surface area contributed by atoms with Crippen molar-refractivity contribution in [2.45, 2.75) is 25.9 Å². The number of pyridine rings is 1. The van der Waals surface area contributed by atoms with Crippen molar-refractivity contribution in [2.24, 2.45) is 0 Å². The lowest BCUT2D eigenvalue weighted by atomic mass is 10.0. The monoisotopic (exact) mass is 605 g/mol. The van der Waals surface area contributed by atoms with E-state index in [0.717, 1.165) is 22.0 Å². The van der Waals surface area contributed by atoms with Gasteiger partial charge in [0.15, 0.2) is 0 Å². The van der Waals surface area contributed by atoms with E-state index in [1.54, 1.807) is 36.8 Å². The molecule has 2 atom stereocenters. The van der Waals surface area contributed by atoms with Gasteiger partial charge in [0, 0.05) is 74.8 Å². The molecule has 224 valence electrons. The molecule has 1 amide bonds. The number of piperazine rings is 1. The molecule has 2 aromatic heterocycles. The summed E-state index contributed by atoms with van der Waals surface area (Å²) in [6.45, 7) is 5.90. The number of nitrogens with zero attached hydrogens (tertiary/aromatic N) is 5. The summed E-state index contributed by atoms with van der Waals surface area (Å²) in [7, 11) is 1.35. The number of carbonyl (C=O) groups excluding carboxylic acids is 2. The fourth-order valence-corrected chi connectivity index (χ4v) is 5.43. The second kappa shape index (κ2) is 13.3. The minimum atomic E-state index is -0.552. The molecule has 1 unspecified atom stereocenters. The molecule has 0 aliphatic carbocycles. The largest absolute Gasteiger partial charge is 0.468 e. The molecule has 1 aliphatic heterocycles. The zero-order valence-electron chi connectivity index (χ0n) is 24.2. The standard InChI is InChI=1S/C31H33ClFN7O3/c1-19(23-6-4-5-7-26(23)33)38-29-24-14-21(8-9-27(24)35-17-25(29)32)22-15-36-31(37-16-22)40-12-10-39(11-13-40)28(30(42)43-3)18-34-20(2)41/h4-9,14-17,19,28H,10-13,18H2,1-3H3,(H,34,41)(H,35,38)/t19-,28?/m1/s1. The Morgan fingerprint density at radius 1 is 1.02 bits per heavy atom. The lowest BCUT2D eigenvalue weighted by Gasteiger charge is -2.38. The summed E-state index contributed by atoms with van der Waals surface area (Å²) in [5.41, 5.74) is 3.66. The van der Waals surface area contributed by atoms with Gasteiger partial charge in [-0.25, -0.2) is 14.4 Å². The molecule has 43 heavy (non-hydrogen) atoms. The first kappa shape index (κ1) is 30.1.